The van der Waals surface area contributed by atoms with Crippen molar-refractivity contribution >= 4 is 39.2 Å². The summed E-state index contributed by atoms with van der Waals surface area (Å²) in [6, 6.07) is 3.11. The zero-order valence-electron chi connectivity index (χ0n) is 13.1. The second kappa shape index (κ2) is 7.00. The Kier molecular flexibility index (Phi) is 5.28. The number of benzene rings is 1. The number of ether oxygens (including phenoxy) is 2. The maximum Gasteiger partial charge on any atom is 0.338 e. The maximum absolute atomic E-state index is 14.1. The summed E-state index contributed by atoms with van der Waals surface area (Å²) in [7, 11) is -4.06. The van der Waals surface area contributed by atoms with E-state index in [0.717, 1.165) is 16.4 Å². The number of esters is 1. The molecule has 2 aliphatic rings. The summed E-state index contributed by atoms with van der Waals surface area (Å²) in [5.74, 6) is -1.84. The van der Waals surface area contributed by atoms with Crippen LogP contribution in [0.25, 0.3) is 0 Å². The molecular weight excluding hydrogens is 396 g/mol. The Morgan fingerprint density at radius 1 is 1.36 bits per heavy atom. The summed E-state index contributed by atoms with van der Waals surface area (Å²) in [4.78, 5) is 11.5. The van der Waals surface area contributed by atoms with Crippen molar-refractivity contribution in [2.75, 3.05) is 32.9 Å². The first kappa shape index (κ1) is 18.8. The fourth-order valence-electron chi connectivity index (χ4n) is 2.46. The van der Waals surface area contributed by atoms with Gasteiger partial charge in [-0.25, -0.2) is 17.6 Å². The lowest BCUT2D eigenvalue weighted by Crippen LogP contribution is -2.41. The van der Waals surface area contributed by atoms with Crippen LogP contribution in [0.3, 0.4) is 0 Å². The number of hydrogen-bond donors (Lipinski definition) is 0. The first-order chi connectivity index (χ1) is 11.7. The highest BCUT2D eigenvalue weighted by atomic mass is 35.5. The van der Waals surface area contributed by atoms with Gasteiger partial charge in [-0.1, -0.05) is 0 Å². The normalized spacial score (nSPS) is 23.2. The van der Waals surface area contributed by atoms with Crippen LogP contribution >= 0.6 is 23.2 Å². The van der Waals surface area contributed by atoms with Crippen LogP contribution in [0, 0.1) is 11.7 Å². The smallest absolute Gasteiger partial charge is 0.338 e. The summed E-state index contributed by atoms with van der Waals surface area (Å²) in [6.07, 6.45) is 0.517. The molecule has 0 bridgehead atoms. The van der Waals surface area contributed by atoms with Gasteiger partial charge in [-0.15, -0.1) is 23.2 Å². The number of sulfonamides is 1. The van der Waals surface area contributed by atoms with Gasteiger partial charge in [0.2, 0.25) is 10.0 Å². The quantitative estimate of drug-likeness (QED) is 0.548. The van der Waals surface area contributed by atoms with Crippen molar-refractivity contribution in [1.82, 2.24) is 4.31 Å². The standard InChI is InChI=1S/C15H16Cl2FNO5S/c16-15(17)8-11(15)9-24-14(20)10-1-2-12(18)13(7-10)25(21,22)19-3-5-23-6-4-19/h1-2,7,11H,3-6,8-9H2/t11-/m0/s1. The van der Waals surface area contributed by atoms with Gasteiger partial charge in [0.25, 0.3) is 0 Å². The SMILES string of the molecule is O=C(OC[C@@H]1CC1(Cl)Cl)c1ccc(F)c(S(=O)(=O)N2CCOCC2)c1. The summed E-state index contributed by atoms with van der Waals surface area (Å²) in [6.45, 7) is 0.761. The van der Waals surface area contributed by atoms with Crippen LogP contribution in [0.1, 0.15) is 16.8 Å². The van der Waals surface area contributed by atoms with Crippen molar-refractivity contribution in [3.8, 4) is 0 Å². The highest BCUT2D eigenvalue weighted by Gasteiger charge is 2.52. The summed E-state index contributed by atoms with van der Waals surface area (Å²) < 4.78 is 49.7. The second-order valence-corrected chi connectivity index (χ2v) is 9.37. The van der Waals surface area contributed by atoms with Crippen molar-refractivity contribution < 1.29 is 27.1 Å². The third kappa shape index (κ3) is 4.09. The van der Waals surface area contributed by atoms with Gasteiger partial charge in [-0.3, -0.25) is 0 Å². The van der Waals surface area contributed by atoms with E-state index in [9.17, 15) is 17.6 Å². The van der Waals surface area contributed by atoms with Crippen LogP contribution in [-0.2, 0) is 19.5 Å². The number of nitrogens with zero attached hydrogens (tertiary/aromatic N) is 1. The van der Waals surface area contributed by atoms with E-state index in [1.54, 1.807) is 0 Å². The van der Waals surface area contributed by atoms with Crippen LogP contribution in [0.15, 0.2) is 23.1 Å². The Morgan fingerprint density at radius 3 is 2.60 bits per heavy atom. The summed E-state index contributed by atoms with van der Waals surface area (Å²) >= 11 is 11.7. The van der Waals surface area contributed by atoms with Gasteiger partial charge in [0.15, 0.2) is 0 Å². The van der Waals surface area contributed by atoms with Crippen LogP contribution in [-0.4, -0.2) is 55.9 Å². The van der Waals surface area contributed by atoms with Crippen LogP contribution in [0.5, 0.6) is 0 Å². The molecule has 2 fully saturated rings. The molecule has 1 atom stereocenters. The zero-order valence-corrected chi connectivity index (χ0v) is 15.4. The average Bonchev–Trinajstić information content (AvgIpc) is 3.20. The molecule has 3 rings (SSSR count). The van der Waals surface area contributed by atoms with E-state index < -0.39 is 31.0 Å². The van der Waals surface area contributed by atoms with Crippen molar-refractivity contribution in [1.29, 1.82) is 0 Å². The van der Waals surface area contributed by atoms with Crippen molar-refractivity contribution in [3.05, 3.63) is 29.6 Å². The van der Waals surface area contributed by atoms with Gasteiger partial charge in [0.05, 0.1) is 25.4 Å². The predicted molar refractivity (Wildman–Crippen MR) is 88.8 cm³/mol. The lowest BCUT2D eigenvalue weighted by molar-refractivity contribution is 0.0485. The average molecular weight is 412 g/mol. The first-order valence-corrected chi connectivity index (χ1v) is 9.84. The van der Waals surface area contributed by atoms with E-state index in [2.05, 4.69) is 0 Å². The van der Waals surface area contributed by atoms with Gasteiger partial charge in [-0.05, 0) is 24.6 Å². The molecule has 25 heavy (non-hydrogen) atoms. The highest BCUT2D eigenvalue weighted by molar-refractivity contribution is 7.89. The number of morpholine rings is 1. The Balaban J connectivity index is 1.76. The number of halogens is 3. The van der Waals surface area contributed by atoms with Crippen molar-refractivity contribution in [2.24, 2.45) is 5.92 Å². The van der Waals surface area contributed by atoms with E-state index in [1.807, 2.05) is 0 Å². The Bertz CT molecular complexity index is 780. The Morgan fingerprint density at radius 2 is 2.00 bits per heavy atom. The number of alkyl halides is 2. The lowest BCUT2D eigenvalue weighted by atomic mass is 10.2. The molecule has 1 aliphatic carbocycles. The van der Waals surface area contributed by atoms with Gasteiger partial charge in [0.1, 0.15) is 15.0 Å². The molecule has 1 aromatic rings. The summed E-state index contributed by atoms with van der Waals surface area (Å²) in [5, 5.41) is 0. The number of rotatable bonds is 5. The van der Waals surface area contributed by atoms with E-state index in [0.29, 0.717) is 6.42 Å². The third-order valence-corrected chi connectivity index (χ3v) is 6.97. The number of hydrogen-bond acceptors (Lipinski definition) is 5. The monoisotopic (exact) mass is 411 g/mol. The first-order valence-electron chi connectivity index (χ1n) is 7.64. The van der Waals surface area contributed by atoms with E-state index in [1.165, 1.54) is 6.07 Å². The van der Waals surface area contributed by atoms with Gasteiger partial charge in [0, 0.05) is 19.0 Å². The maximum atomic E-state index is 14.1. The molecule has 138 valence electrons. The highest BCUT2D eigenvalue weighted by Crippen LogP contribution is 2.53. The van der Waals surface area contributed by atoms with Gasteiger partial charge in [-0.2, -0.15) is 4.31 Å². The molecule has 0 N–H and O–H groups in total. The molecule has 6 nitrogen and oxygen atoms in total. The molecule has 10 heteroatoms. The molecule has 0 aromatic heterocycles. The molecular formula is C15H16Cl2FNO5S. The molecule has 1 aliphatic heterocycles. The molecule has 0 radical (unpaired) electrons. The summed E-state index contributed by atoms with van der Waals surface area (Å²) in [5.41, 5.74) is -0.0522. The number of carbonyl (C=O) groups is 1. The topological polar surface area (TPSA) is 72.9 Å². The fraction of sp³-hybridized carbons (Fsp3) is 0.533. The van der Waals surface area contributed by atoms with Crippen LogP contribution < -0.4 is 0 Å². The predicted octanol–water partition coefficient (Wildman–Crippen LogP) is 2.20. The minimum absolute atomic E-state index is 0.0226. The Labute approximate surface area is 154 Å². The number of carbonyl (C=O) groups excluding carboxylic acids is 1. The van der Waals surface area contributed by atoms with Crippen LogP contribution in [0.4, 0.5) is 4.39 Å². The van der Waals surface area contributed by atoms with Crippen LogP contribution in [0.2, 0.25) is 0 Å². The molecule has 0 spiro atoms. The van der Waals surface area contributed by atoms with E-state index in [4.69, 9.17) is 32.7 Å². The third-order valence-electron chi connectivity index (χ3n) is 4.13. The van der Waals surface area contributed by atoms with Crippen molar-refractivity contribution in [3.63, 3.8) is 0 Å². The van der Waals surface area contributed by atoms with E-state index in [-0.39, 0.29) is 44.4 Å². The molecule has 1 saturated carbocycles. The molecule has 1 heterocycles. The lowest BCUT2D eigenvalue weighted by Gasteiger charge is -2.26. The molecule has 0 amide bonds. The largest absolute Gasteiger partial charge is 0.462 e. The second-order valence-electron chi connectivity index (χ2n) is 5.92. The minimum Gasteiger partial charge on any atom is -0.462 e. The fourth-order valence-corrected chi connectivity index (χ4v) is 4.46. The molecule has 0 unspecified atom stereocenters. The minimum atomic E-state index is -4.06. The zero-order chi connectivity index (χ0) is 18.2. The molecule has 1 saturated heterocycles. The Hall–Kier alpha value is -0.930. The van der Waals surface area contributed by atoms with Crippen molar-refractivity contribution in [2.45, 2.75) is 15.6 Å². The van der Waals surface area contributed by atoms with Gasteiger partial charge < -0.3 is 9.47 Å². The van der Waals surface area contributed by atoms with Gasteiger partial charge >= 0.3 is 5.97 Å². The van der Waals surface area contributed by atoms with E-state index >= 15 is 0 Å². The molecule has 1 aromatic carbocycles.